The smallest absolute Gasteiger partial charge is 0.229 e. The van der Waals surface area contributed by atoms with E-state index in [9.17, 15) is 8.42 Å². The van der Waals surface area contributed by atoms with Crippen LogP contribution in [0.2, 0.25) is 0 Å². The van der Waals surface area contributed by atoms with E-state index in [1.807, 2.05) is 12.1 Å². The number of rotatable bonds is 3. The van der Waals surface area contributed by atoms with Crippen molar-refractivity contribution in [1.82, 2.24) is 5.32 Å². The summed E-state index contributed by atoms with van der Waals surface area (Å²) in [6, 6.07) is 7.59. The van der Waals surface area contributed by atoms with Crippen molar-refractivity contribution in [2.45, 2.75) is 18.4 Å². The topological polar surface area (TPSA) is 84.2 Å². The molecule has 1 aromatic carbocycles. The van der Waals surface area contributed by atoms with Gasteiger partial charge in [0.15, 0.2) is 0 Å². The monoisotopic (exact) mass is 269 g/mol. The molecule has 4 N–H and O–H groups in total. The number of nitrogens with two attached hydrogens (primary N) is 1. The molecule has 0 radical (unpaired) electrons. The highest BCUT2D eigenvalue weighted by Gasteiger charge is 2.22. The van der Waals surface area contributed by atoms with Crippen molar-refractivity contribution in [3.63, 3.8) is 0 Å². The Balaban J connectivity index is 2.12. The minimum absolute atomic E-state index is 0.167. The van der Waals surface area contributed by atoms with E-state index in [1.54, 1.807) is 12.1 Å². The Hall–Kier alpha value is -1.11. The van der Waals surface area contributed by atoms with Crippen LogP contribution in [0.5, 0.6) is 0 Å². The van der Waals surface area contributed by atoms with Crippen molar-refractivity contribution < 1.29 is 8.42 Å². The van der Waals surface area contributed by atoms with Crippen LogP contribution in [0.3, 0.4) is 0 Å². The zero-order valence-corrected chi connectivity index (χ0v) is 11.2. The largest absolute Gasteiger partial charge is 0.327 e. The van der Waals surface area contributed by atoms with Gasteiger partial charge < -0.3 is 11.1 Å². The van der Waals surface area contributed by atoms with Gasteiger partial charge in [-0.25, -0.2) is 8.42 Å². The van der Waals surface area contributed by atoms with E-state index in [-0.39, 0.29) is 6.04 Å². The lowest BCUT2D eigenvalue weighted by Crippen LogP contribution is -2.43. The van der Waals surface area contributed by atoms with E-state index >= 15 is 0 Å². The molecule has 0 aliphatic carbocycles. The van der Waals surface area contributed by atoms with E-state index in [1.165, 1.54) is 0 Å². The lowest BCUT2D eigenvalue weighted by molar-refractivity contribution is 0.403. The average Bonchev–Trinajstić information content (AvgIpc) is 2.29. The number of anilines is 1. The van der Waals surface area contributed by atoms with Crippen molar-refractivity contribution in [1.29, 1.82) is 0 Å². The SMILES string of the molecule is CS(=O)(=O)Nc1ccc(C2CNCCC2N)cc1. The molecule has 2 rings (SSSR count). The van der Waals surface area contributed by atoms with Crippen LogP contribution in [0.15, 0.2) is 24.3 Å². The maximum absolute atomic E-state index is 11.1. The van der Waals surface area contributed by atoms with Gasteiger partial charge in [-0.2, -0.15) is 0 Å². The second-order valence-corrected chi connectivity index (χ2v) is 6.51. The van der Waals surface area contributed by atoms with E-state index < -0.39 is 10.0 Å². The molecule has 2 atom stereocenters. The van der Waals surface area contributed by atoms with Gasteiger partial charge in [0.1, 0.15) is 0 Å². The minimum atomic E-state index is -3.21. The van der Waals surface area contributed by atoms with Gasteiger partial charge in [-0.15, -0.1) is 0 Å². The number of hydrogen-bond donors (Lipinski definition) is 3. The van der Waals surface area contributed by atoms with Crippen molar-refractivity contribution in [3.8, 4) is 0 Å². The highest BCUT2D eigenvalue weighted by atomic mass is 32.2. The molecule has 0 aromatic heterocycles. The molecule has 18 heavy (non-hydrogen) atoms. The first-order valence-corrected chi connectivity index (χ1v) is 7.89. The van der Waals surface area contributed by atoms with Gasteiger partial charge in [0.2, 0.25) is 10.0 Å². The Bertz CT molecular complexity index is 499. The van der Waals surface area contributed by atoms with E-state index in [0.29, 0.717) is 11.6 Å². The number of benzene rings is 1. The van der Waals surface area contributed by atoms with Gasteiger partial charge in [-0.1, -0.05) is 12.1 Å². The summed E-state index contributed by atoms with van der Waals surface area (Å²) in [4.78, 5) is 0. The van der Waals surface area contributed by atoms with E-state index in [4.69, 9.17) is 5.73 Å². The molecule has 1 fully saturated rings. The zero-order valence-electron chi connectivity index (χ0n) is 10.4. The van der Waals surface area contributed by atoms with Crippen molar-refractivity contribution in [3.05, 3.63) is 29.8 Å². The first-order chi connectivity index (χ1) is 8.46. The Labute approximate surface area is 108 Å². The Morgan fingerprint density at radius 1 is 1.33 bits per heavy atom. The predicted molar refractivity (Wildman–Crippen MR) is 73.1 cm³/mol. The summed E-state index contributed by atoms with van der Waals surface area (Å²) in [7, 11) is -3.21. The molecule has 1 heterocycles. The third-order valence-electron chi connectivity index (χ3n) is 3.18. The highest BCUT2D eigenvalue weighted by Crippen LogP contribution is 2.24. The lowest BCUT2D eigenvalue weighted by Gasteiger charge is -2.29. The minimum Gasteiger partial charge on any atom is -0.327 e. The molecule has 1 saturated heterocycles. The summed E-state index contributed by atoms with van der Waals surface area (Å²) in [5.41, 5.74) is 7.83. The fourth-order valence-corrected chi connectivity index (χ4v) is 2.82. The number of nitrogens with one attached hydrogen (secondary N) is 2. The summed E-state index contributed by atoms with van der Waals surface area (Å²) < 4.78 is 24.6. The summed E-state index contributed by atoms with van der Waals surface area (Å²) >= 11 is 0. The van der Waals surface area contributed by atoms with Crippen molar-refractivity contribution in [2.75, 3.05) is 24.1 Å². The molecule has 6 heteroatoms. The number of piperidine rings is 1. The summed E-state index contributed by atoms with van der Waals surface area (Å²) in [5.74, 6) is 0.297. The lowest BCUT2D eigenvalue weighted by atomic mass is 9.87. The van der Waals surface area contributed by atoms with Crippen LogP contribution in [0.1, 0.15) is 17.9 Å². The second kappa shape index (κ2) is 5.26. The molecule has 100 valence electrons. The van der Waals surface area contributed by atoms with Crippen molar-refractivity contribution >= 4 is 15.7 Å². The predicted octanol–water partition coefficient (Wildman–Crippen LogP) is 0.462. The molecule has 2 unspecified atom stereocenters. The quantitative estimate of drug-likeness (QED) is 0.744. The fraction of sp³-hybridized carbons (Fsp3) is 0.500. The zero-order chi connectivity index (χ0) is 13.2. The fourth-order valence-electron chi connectivity index (χ4n) is 2.26. The van der Waals surface area contributed by atoms with Gasteiger partial charge in [-0.05, 0) is 30.7 Å². The van der Waals surface area contributed by atoms with Crippen LogP contribution in [-0.4, -0.2) is 33.8 Å². The summed E-state index contributed by atoms with van der Waals surface area (Å²) in [6.45, 7) is 1.84. The van der Waals surface area contributed by atoms with Crippen molar-refractivity contribution in [2.24, 2.45) is 5.73 Å². The van der Waals surface area contributed by atoms with Gasteiger partial charge in [0.25, 0.3) is 0 Å². The van der Waals surface area contributed by atoms with Gasteiger partial charge >= 0.3 is 0 Å². The van der Waals surface area contributed by atoms with Crippen LogP contribution < -0.4 is 15.8 Å². The molecule has 0 saturated carbocycles. The number of hydrogen-bond acceptors (Lipinski definition) is 4. The first kappa shape index (κ1) is 13.3. The molecule has 1 aromatic rings. The molecule has 1 aliphatic rings. The highest BCUT2D eigenvalue weighted by molar-refractivity contribution is 7.92. The van der Waals surface area contributed by atoms with E-state index in [0.717, 1.165) is 31.3 Å². The van der Waals surface area contributed by atoms with Crippen LogP contribution in [-0.2, 0) is 10.0 Å². The molecule has 1 aliphatic heterocycles. The molecule has 0 amide bonds. The van der Waals surface area contributed by atoms with E-state index in [2.05, 4.69) is 10.0 Å². The standard InChI is InChI=1S/C12H19N3O2S/c1-18(16,17)15-10-4-2-9(3-5-10)11-8-14-7-6-12(11)13/h2-5,11-12,14-15H,6-8,13H2,1H3. The Morgan fingerprint density at radius 2 is 2.00 bits per heavy atom. The molecule has 0 bridgehead atoms. The molecule has 0 spiro atoms. The normalized spacial score (nSPS) is 24.8. The van der Waals surface area contributed by atoms with Crippen LogP contribution >= 0.6 is 0 Å². The summed E-state index contributed by atoms with van der Waals surface area (Å²) in [6.07, 6.45) is 2.11. The van der Waals surface area contributed by atoms with Crippen LogP contribution in [0, 0.1) is 0 Å². The first-order valence-electron chi connectivity index (χ1n) is 6.00. The Kier molecular flexibility index (Phi) is 3.89. The molecule has 5 nitrogen and oxygen atoms in total. The third-order valence-corrected chi connectivity index (χ3v) is 3.78. The Morgan fingerprint density at radius 3 is 2.56 bits per heavy atom. The maximum atomic E-state index is 11.1. The second-order valence-electron chi connectivity index (χ2n) is 4.76. The average molecular weight is 269 g/mol. The maximum Gasteiger partial charge on any atom is 0.229 e. The van der Waals surface area contributed by atoms with Gasteiger partial charge in [-0.3, -0.25) is 4.72 Å². The third kappa shape index (κ3) is 3.44. The van der Waals surface area contributed by atoms with Crippen LogP contribution in [0.4, 0.5) is 5.69 Å². The molecular weight excluding hydrogens is 250 g/mol. The number of sulfonamides is 1. The van der Waals surface area contributed by atoms with Gasteiger partial charge in [0, 0.05) is 24.2 Å². The van der Waals surface area contributed by atoms with Crippen LogP contribution in [0.25, 0.3) is 0 Å². The molecular formula is C12H19N3O2S. The van der Waals surface area contributed by atoms with Gasteiger partial charge in [0.05, 0.1) is 6.26 Å². The summed E-state index contributed by atoms with van der Waals surface area (Å²) in [5, 5.41) is 3.33.